The summed E-state index contributed by atoms with van der Waals surface area (Å²) in [5.74, 6) is -2.44. The van der Waals surface area contributed by atoms with Crippen LogP contribution in [0, 0.1) is 5.92 Å². The van der Waals surface area contributed by atoms with Crippen LogP contribution in [-0.2, 0) is 14.3 Å². The number of carbonyl (C=O) groups excluding carboxylic acids is 1. The second kappa shape index (κ2) is 8.59. The van der Waals surface area contributed by atoms with Crippen molar-refractivity contribution in [3.05, 3.63) is 83.6 Å². The average molecular weight is 337 g/mol. The molecule has 2 aromatic rings. The number of aliphatic carboxylic acids is 1. The van der Waals surface area contributed by atoms with Crippen LogP contribution in [0.15, 0.2) is 77.4 Å². The normalized spacial score (nSPS) is 12.2. The van der Waals surface area contributed by atoms with Gasteiger partial charge in [0.25, 0.3) is 0 Å². The quantitative estimate of drug-likeness (QED) is 0.498. The van der Waals surface area contributed by atoms with Gasteiger partial charge in [0.05, 0.1) is 18.7 Å². The molecule has 0 saturated heterocycles. The number of hydrogen-bond donors (Lipinski definition) is 1. The van der Waals surface area contributed by atoms with Gasteiger partial charge in [0, 0.05) is 11.1 Å². The van der Waals surface area contributed by atoms with Crippen molar-refractivity contribution in [2.24, 2.45) is 10.9 Å². The molecule has 0 spiro atoms. The number of nitrogens with zero attached hydrogens (tertiary/aromatic N) is 1. The van der Waals surface area contributed by atoms with E-state index in [1.807, 2.05) is 60.7 Å². The zero-order valence-corrected chi connectivity index (χ0v) is 14.0. The molecule has 128 valence electrons. The lowest BCUT2D eigenvalue weighted by atomic mass is 10.0. The zero-order valence-electron chi connectivity index (χ0n) is 14.0. The summed E-state index contributed by atoms with van der Waals surface area (Å²) in [4.78, 5) is 27.5. The minimum absolute atomic E-state index is 0.208. The van der Waals surface area contributed by atoms with Gasteiger partial charge in [-0.25, -0.2) is 9.79 Å². The monoisotopic (exact) mass is 337 g/mol. The summed E-state index contributed by atoms with van der Waals surface area (Å²) in [5.41, 5.74) is 1.88. The largest absolute Gasteiger partial charge is 0.477 e. The summed E-state index contributed by atoms with van der Waals surface area (Å²) < 4.78 is 4.64. The van der Waals surface area contributed by atoms with Crippen molar-refractivity contribution in [3.63, 3.8) is 0 Å². The van der Waals surface area contributed by atoms with Crippen molar-refractivity contribution in [1.82, 2.24) is 0 Å². The van der Waals surface area contributed by atoms with Crippen LogP contribution in [0.4, 0.5) is 0 Å². The van der Waals surface area contributed by atoms with Gasteiger partial charge >= 0.3 is 11.9 Å². The molecule has 0 fully saturated rings. The Hall–Kier alpha value is -3.21. The highest BCUT2D eigenvalue weighted by Gasteiger charge is 2.17. The van der Waals surface area contributed by atoms with E-state index in [4.69, 9.17) is 0 Å². The Balaban J connectivity index is 2.56. The molecule has 0 bridgehead atoms. The first-order chi connectivity index (χ1) is 12.0. The summed E-state index contributed by atoms with van der Waals surface area (Å²) in [6.07, 6.45) is 1.29. The number of benzene rings is 2. The van der Waals surface area contributed by atoms with Crippen molar-refractivity contribution in [1.29, 1.82) is 0 Å². The lowest BCUT2D eigenvalue weighted by molar-refractivity contribution is -0.143. The highest BCUT2D eigenvalue weighted by Crippen LogP contribution is 2.15. The van der Waals surface area contributed by atoms with E-state index in [9.17, 15) is 14.7 Å². The summed E-state index contributed by atoms with van der Waals surface area (Å²) in [6.45, 7) is 1.56. The molecule has 2 aromatic carbocycles. The third-order valence-electron chi connectivity index (χ3n) is 3.53. The maximum absolute atomic E-state index is 11.6. The number of aliphatic imine (C=N–C) groups is 1. The van der Waals surface area contributed by atoms with Gasteiger partial charge in [-0.15, -0.1) is 0 Å². The number of rotatable bonds is 6. The number of carbonyl (C=O) groups is 2. The molecule has 0 radical (unpaired) electrons. The molecule has 5 nitrogen and oxygen atoms in total. The SMILES string of the molecule is COC(=O)C(C)/C=C(\N=C(c1ccccc1)c1ccccc1)C(=O)O. The highest BCUT2D eigenvalue weighted by atomic mass is 16.5. The molecular formula is C20H19NO4. The molecule has 0 saturated carbocycles. The molecule has 2 rings (SSSR count). The second-order valence-electron chi connectivity index (χ2n) is 5.36. The van der Waals surface area contributed by atoms with Gasteiger partial charge < -0.3 is 9.84 Å². The highest BCUT2D eigenvalue weighted by molar-refractivity contribution is 6.14. The topological polar surface area (TPSA) is 76.0 Å². The minimum Gasteiger partial charge on any atom is -0.477 e. The molecule has 1 atom stereocenters. The van der Waals surface area contributed by atoms with Crippen molar-refractivity contribution in [3.8, 4) is 0 Å². The van der Waals surface area contributed by atoms with E-state index in [0.717, 1.165) is 11.1 Å². The fraction of sp³-hybridized carbons (Fsp3) is 0.150. The lowest BCUT2D eigenvalue weighted by Crippen LogP contribution is -2.13. The number of esters is 1. The number of carboxylic acids is 1. The first-order valence-corrected chi connectivity index (χ1v) is 7.75. The average Bonchev–Trinajstić information content (AvgIpc) is 2.65. The Morgan fingerprint density at radius 3 is 1.88 bits per heavy atom. The summed E-state index contributed by atoms with van der Waals surface area (Å²) in [5, 5.41) is 9.49. The number of carboxylic acid groups (broad SMARTS) is 1. The van der Waals surface area contributed by atoms with Gasteiger partial charge in [-0.05, 0) is 13.0 Å². The van der Waals surface area contributed by atoms with Crippen molar-refractivity contribution in [2.45, 2.75) is 6.92 Å². The fourth-order valence-electron chi connectivity index (χ4n) is 2.26. The van der Waals surface area contributed by atoms with E-state index < -0.39 is 17.9 Å². The predicted octanol–water partition coefficient (Wildman–Crippen LogP) is 3.30. The van der Waals surface area contributed by atoms with Gasteiger partial charge in [0.15, 0.2) is 0 Å². The molecule has 0 aliphatic heterocycles. The Labute approximate surface area is 146 Å². The molecular weight excluding hydrogens is 318 g/mol. The zero-order chi connectivity index (χ0) is 18.2. The van der Waals surface area contributed by atoms with E-state index in [1.165, 1.54) is 13.2 Å². The molecule has 0 heterocycles. The number of methoxy groups -OCH3 is 1. The van der Waals surface area contributed by atoms with E-state index in [0.29, 0.717) is 5.71 Å². The van der Waals surface area contributed by atoms with Crippen LogP contribution in [-0.4, -0.2) is 29.9 Å². The third-order valence-corrected chi connectivity index (χ3v) is 3.53. The van der Waals surface area contributed by atoms with Crippen LogP contribution in [0.25, 0.3) is 0 Å². The van der Waals surface area contributed by atoms with Crippen LogP contribution >= 0.6 is 0 Å². The van der Waals surface area contributed by atoms with Crippen molar-refractivity contribution >= 4 is 17.7 Å². The summed E-state index contributed by atoms with van der Waals surface area (Å²) in [7, 11) is 1.26. The molecule has 0 aromatic heterocycles. The maximum atomic E-state index is 11.6. The van der Waals surface area contributed by atoms with E-state index >= 15 is 0 Å². The molecule has 5 heteroatoms. The smallest absolute Gasteiger partial charge is 0.354 e. The molecule has 1 unspecified atom stereocenters. The van der Waals surface area contributed by atoms with E-state index in [-0.39, 0.29) is 5.70 Å². The fourth-order valence-corrected chi connectivity index (χ4v) is 2.26. The molecule has 0 aliphatic carbocycles. The minimum atomic E-state index is -1.21. The Morgan fingerprint density at radius 1 is 1.00 bits per heavy atom. The van der Waals surface area contributed by atoms with E-state index in [1.54, 1.807) is 6.92 Å². The molecule has 25 heavy (non-hydrogen) atoms. The Kier molecular flexibility index (Phi) is 6.23. The first kappa shape index (κ1) is 18.1. The van der Waals surface area contributed by atoms with Gasteiger partial charge in [0.2, 0.25) is 0 Å². The van der Waals surface area contributed by atoms with Gasteiger partial charge in [-0.2, -0.15) is 0 Å². The van der Waals surface area contributed by atoms with Crippen LogP contribution in [0.2, 0.25) is 0 Å². The second-order valence-corrected chi connectivity index (χ2v) is 5.36. The maximum Gasteiger partial charge on any atom is 0.354 e. The van der Waals surface area contributed by atoms with Crippen LogP contribution in [0.3, 0.4) is 0 Å². The van der Waals surface area contributed by atoms with E-state index in [2.05, 4.69) is 9.73 Å². The van der Waals surface area contributed by atoms with Crippen LogP contribution in [0.5, 0.6) is 0 Å². The standard InChI is InChI=1S/C20H19NO4/c1-14(20(24)25-2)13-17(19(22)23)21-18(15-9-5-3-6-10-15)16-11-7-4-8-12-16/h3-14H,1-2H3,(H,22,23)/b17-13-. The Morgan fingerprint density at radius 2 is 1.48 bits per heavy atom. The molecule has 1 N–H and O–H groups in total. The Bertz CT molecular complexity index is 753. The summed E-state index contributed by atoms with van der Waals surface area (Å²) in [6, 6.07) is 18.6. The van der Waals surface area contributed by atoms with Crippen LogP contribution in [0.1, 0.15) is 18.1 Å². The van der Waals surface area contributed by atoms with Crippen LogP contribution < -0.4 is 0 Å². The summed E-state index contributed by atoms with van der Waals surface area (Å²) >= 11 is 0. The lowest BCUT2D eigenvalue weighted by Gasteiger charge is -2.09. The number of hydrogen-bond acceptors (Lipinski definition) is 4. The number of ether oxygens (including phenoxy) is 1. The van der Waals surface area contributed by atoms with Crippen molar-refractivity contribution in [2.75, 3.05) is 7.11 Å². The third kappa shape index (κ3) is 4.88. The molecule has 0 aliphatic rings. The van der Waals surface area contributed by atoms with Gasteiger partial charge in [-0.1, -0.05) is 60.7 Å². The first-order valence-electron chi connectivity index (χ1n) is 7.75. The molecule has 0 amide bonds. The van der Waals surface area contributed by atoms with Crippen molar-refractivity contribution < 1.29 is 19.4 Å². The van der Waals surface area contributed by atoms with Gasteiger partial charge in [-0.3, -0.25) is 4.79 Å². The van der Waals surface area contributed by atoms with Gasteiger partial charge in [0.1, 0.15) is 5.70 Å². The predicted molar refractivity (Wildman–Crippen MR) is 95.4 cm³/mol.